The summed E-state index contributed by atoms with van der Waals surface area (Å²) in [6.45, 7) is 13.9. The van der Waals surface area contributed by atoms with Crippen LogP contribution in [0.4, 0.5) is 4.79 Å². The first-order valence-corrected chi connectivity index (χ1v) is 12.5. The van der Waals surface area contributed by atoms with Gasteiger partial charge in [0, 0.05) is 19.1 Å². The van der Waals surface area contributed by atoms with Crippen LogP contribution in [0.3, 0.4) is 0 Å². The average molecular weight is 466 g/mol. The molecule has 2 saturated heterocycles. The number of hydrogen-bond donors (Lipinski definition) is 1. The van der Waals surface area contributed by atoms with Crippen LogP contribution in [0.2, 0.25) is 0 Å². The fourth-order valence-electron chi connectivity index (χ4n) is 3.68. The van der Waals surface area contributed by atoms with Crippen LogP contribution < -0.4 is 10.8 Å². The molecule has 2 fully saturated rings. The van der Waals surface area contributed by atoms with E-state index in [-0.39, 0.29) is 17.5 Å². The van der Waals surface area contributed by atoms with Crippen LogP contribution in [0.15, 0.2) is 29.2 Å². The normalized spacial score (nSPS) is 23.7. The van der Waals surface area contributed by atoms with Crippen molar-refractivity contribution in [1.29, 1.82) is 0 Å². The number of carbonyl (C=O) groups excluding carboxylic acids is 1. The van der Waals surface area contributed by atoms with Gasteiger partial charge in [0.05, 0.1) is 16.1 Å². The fourth-order valence-corrected chi connectivity index (χ4v) is 5.20. The van der Waals surface area contributed by atoms with Gasteiger partial charge >= 0.3 is 13.2 Å². The molecule has 0 aliphatic carbocycles. The average Bonchev–Trinajstić information content (AvgIpc) is 2.88. The van der Waals surface area contributed by atoms with Crippen molar-refractivity contribution < 1.29 is 27.3 Å². The summed E-state index contributed by atoms with van der Waals surface area (Å²) in [5, 5.41) is 2.79. The molecule has 1 amide bonds. The van der Waals surface area contributed by atoms with Crippen molar-refractivity contribution >= 4 is 28.7 Å². The zero-order valence-electron chi connectivity index (χ0n) is 20.1. The first-order chi connectivity index (χ1) is 14.6. The van der Waals surface area contributed by atoms with Crippen LogP contribution in [0.25, 0.3) is 0 Å². The third-order valence-electron chi connectivity index (χ3n) is 6.15. The molecule has 2 aliphatic heterocycles. The third-order valence-corrected chi connectivity index (χ3v) is 8.03. The number of ether oxygens (including phenoxy) is 1. The Morgan fingerprint density at radius 3 is 2.22 bits per heavy atom. The van der Waals surface area contributed by atoms with E-state index in [9.17, 15) is 13.2 Å². The zero-order chi connectivity index (χ0) is 23.9. The molecule has 2 heterocycles. The molecule has 1 aromatic rings. The number of piperidine rings is 1. The summed E-state index contributed by atoms with van der Waals surface area (Å²) in [6, 6.07) is 6.34. The lowest BCUT2D eigenvalue weighted by Crippen LogP contribution is -2.50. The first-order valence-electron chi connectivity index (χ1n) is 11.1. The van der Waals surface area contributed by atoms with Gasteiger partial charge in [-0.3, -0.25) is 0 Å². The van der Waals surface area contributed by atoms with E-state index < -0.39 is 40.0 Å². The lowest BCUT2D eigenvalue weighted by atomic mass is 9.79. The van der Waals surface area contributed by atoms with Gasteiger partial charge in [-0.15, -0.1) is 0 Å². The number of nitrogens with one attached hydrogen (secondary N) is 1. The molecule has 3 rings (SSSR count). The van der Waals surface area contributed by atoms with Crippen molar-refractivity contribution in [3.8, 4) is 0 Å². The highest BCUT2D eigenvalue weighted by molar-refractivity contribution is 7.89. The summed E-state index contributed by atoms with van der Waals surface area (Å²) in [5.74, 6) is 0. The second kappa shape index (κ2) is 8.63. The summed E-state index contributed by atoms with van der Waals surface area (Å²) in [5.41, 5.74) is -0.770. The van der Waals surface area contributed by atoms with E-state index >= 15 is 0 Å². The largest absolute Gasteiger partial charge is 0.494 e. The molecule has 32 heavy (non-hydrogen) atoms. The predicted molar refractivity (Wildman–Crippen MR) is 123 cm³/mol. The Hall–Kier alpha value is -1.62. The quantitative estimate of drug-likeness (QED) is 0.686. The lowest BCUT2D eigenvalue weighted by Gasteiger charge is -2.32. The number of benzene rings is 1. The van der Waals surface area contributed by atoms with Gasteiger partial charge < -0.3 is 19.4 Å². The Bertz CT molecular complexity index is 924. The number of carbonyl (C=O) groups is 1. The summed E-state index contributed by atoms with van der Waals surface area (Å²) in [6.07, 6.45) is 0.825. The van der Waals surface area contributed by atoms with Gasteiger partial charge in [0.15, 0.2) is 0 Å². The molecular formula is C22H35BN2O6S. The Morgan fingerprint density at radius 2 is 1.69 bits per heavy atom. The van der Waals surface area contributed by atoms with E-state index in [2.05, 4.69) is 5.32 Å². The number of amides is 1. The van der Waals surface area contributed by atoms with Crippen molar-refractivity contribution in [3.05, 3.63) is 24.3 Å². The maximum atomic E-state index is 13.2. The number of rotatable bonds is 4. The summed E-state index contributed by atoms with van der Waals surface area (Å²) in [4.78, 5) is 12.3. The van der Waals surface area contributed by atoms with Crippen molar-refractivity contribution in [2.75, 3.05) is 13.1 Å². The molecule has 1 atom stereocenters. The van der Waals surface area contributed by atoms with Crippen LogP contribution >= 0.6 is 0 Å². The molecule has 1 unspecified atom stereocenters. The molecular weight excluding hydrogens is 431 g/mol. The standard InChI is InChI=1S/C22H35BN2O6S/c1-20(2,3)29-19(26)24-17-9-8-14-25(15-17)32(27,28)18-12-10-16(11-13-18)23-30-21(4,5)22(6,7)31-23/h10-13,17H,8-9,14-15H2,1-7H3,(H,24,26). The van der Waals surface area contributed by atoms with Crippen molar-refractivity contribution in [1.82, 2.24) is 9.62 Å². The molecule has 0 bridgehead atoms. The molecule has 8 nitrogen and oxygen atoms in total. The lowest BCUT2D eigenvalue weighted by molar-refractivity contribution is 0.00578. The second-order valence-corrected chi connectivity index (χ2v) is 12.4. The van der Waals surface area contributed by atoms with Gasteiger partial charge in [0.1, 0.15) is 5.60 Å². The molecule has 0 spiro atoms. The SMILES string of the molecule is CC(C)(C)OC(=O)NC1CCCN(S(=O)(=O)c2ccc(B3OC(C)(C)C(C)(C)O3)cc2)C1. The minimum absolute atomic E-state index is 0.204. The van der Waals surface area contributed by atoms with Gasteiger partial charge in [-0.05, 0) is 78.9 Å². The van der Waals surface area contributed by atoms with Gasteiger partial charge in [0.2, 0.25) is 10.0 Å². The molecule has 2 aliphatic rings. The molecule has 1 aromatic carbocycles. The van der Waals surface area contributed by atoms with Gasteiger partial charge in [0.25, 0.3) is 0 Å². The zero-order valence-corrected chi connectivity index (χ0v) is 20.9. The summed E-state index contributed by atoms with van der Waals surface area (Å²) < 4.78 is 45.2. The number of nitrogens with zero attached hydrogens (tertiary/aromatic N) is 1. The van der Waals surface area contributed by atoms with Crippen LogP contribution in [0, 0.1) is 0 Å². The monoisotopic (exact) mass is 466 g/mol. The topological polar surface area (TPSA) is 94.2 Å². The first kappa shape index (κ1) is 25.0. The maximum Gasteiger partial charge on any atom is 0.494 e. The molecule has 178 valence electrons. The molecule has 0 aromatic heterocycles. The highest BCUT2D eigenvalue weighted by Crippen LogP contribution is 2.36. The van der Waals surface area contributed by atoms with Crippen LogP contribution in [0.1, 0.15) is 61.3 Å². The van der Waals surface area contributed by atoms with Gasteiger partial charge in [-0.25, -0.2) is 13.2 Å². The van der Waals surface area contributed by atoms with Crippen molar-refractivity contribution in [2.24, 2.45) is 0 Å². The minimum atomic E-state index is -3.69. The van der Waals surface area contributed by atoms with E-state index in [0.29, 0.717) is 19.4 Å². The van der Waals surface area contributed by atoms with E-state index in [1.807, 2.05) is 27.7 Å². The highest BCUT2D eigenvalue weighted by atomic mass is 32.2. The minimum Gasteiger partial charge on any atom is -0.444 e. The highest BCUT2D eigenvalue weighted by Gasteiger charge is 2.51. The number of alkyl carbamates (subject to hydrolysis) is 1. The van der Waals surface area contributed by atoms with Crippen molar-refractivity contribution in [3.63, 3.8) is 0 Å². The van der Waals surface area contributed by atoms with E-state index in [4.69, 9.17) is 14.0 Å². The maximum absolute atomic E-state index is 13.2. The van der Waals surface area contributed by atoms with Crippen LogP contribution in [-0.4, -0.2) is 61.9 Å². The number of hydrogen-bond acceptors (Lipinski definition) is 6. The van der Waals surface area contributed by atoms with E-state index in [1.165, 1.54) is 4.31 Å². The molecule has 0 saturated carbocycles. The smallest absolute Gasteiger partial charge is 0.444 e. The van der Waals surface area contributed by atoms with E-state index in [1.54, 1.807) is 45.0 Å². The second-order valence-electron chi connectivity index (χ2n) is 10.5. The van der Waals surface area contributed by atoms with E-state index in [0.717, 1.165) is 5.46 Å². The Labute approximate surface area is 192 Å². The molecule has 0 radical (unpaired) electrons. The Morgan fingerprint density at radius 1 is 1.12 bits per heavy atom. The summed E-state index contributed by atoms with van der Waals surface area (Å²) in [7, 11) is -4.24. The molecule has 10 heteroatoms. The molecule has 1 N–H and O–H groups in total. The van der Waals surface area contributed by atoms with Crippen LogP contribution in [0.5, 0.6) is 0 Å². The number of sulfonamides is 1. The van der Waals surface area contributed by atoms with Crippen molar-refractivity contribution in [2.45, 2.75) is 89.0 Å². The summed E-state index contributed by atoms with van der Waals surface area (Å²) >= 11 is 0. The Kier molecular flexibility index (Phi) is 6.74. The fraction of sp³-hybridized carbons (Fsp3) is 0.682. The van der Waals surface area contributed by atoms with Gasteiger partial charge in [-0.2, -0.15) is 4.31 Å². The van der Waals surface area contributed by atoms with Gasteiger partial charge in [-0.1, -0.05) is 12.1 Å². The predicted octanol–water partition coefficient (Wildman–Crippen LogP) is 2.66. The Balaban J connectivity index is 1.68. The van der Waals surface area contributed by atoms with Crippen LogP contribution in [-0.2, 0) is 24.1 Å². The third kappa shape index (κ3) is 5.47.